The Labute approximate surface area is 144 Å². The molecule has 2 aromatic rings. The SMILES string of the molecule is O=C1CCCN1c1cccc(NCc2cc(Br)c(Br)s2)c1. The van der Waals surface area contributed by atoms with Crippen molar-refractivity contribution in [3.05, 3.63) is 43.5 Å². The summed E-state index contributed by atoms with van der Waals surface area (Å²) in [5, 5.41) is 3.41. The molecule has 0 spiro atoms. The molecule has 0 radical (unpaired) electrons. The van der Waals surface area contributed by atoms with Gasteiger partial charge in [0.1, 0.15) is 0 Å². The number of rotatable bonds is 4. The zero-order valence-electron chi connectivity index (χ0n) is 11.2. The Kier molecular flexibility index (Phi) is 4.66. The number of halogens is 2. The van der Waals surface area contributed by atoms with Crippen LogP contribution >= 0.6 is 43.2 Å². The molecule has 1 aliphatic rings. The largest absolute Gasteiger partial charge is 0.380 e. The third-order valence-electron chi connectivity index (χ3n) is 3.39. The van der Waals surface area contributed by atoms with E-state index >= 15 is 0 Å². The van der Waals surface area contributed by atoms with Crippen LogP contribution in [0.4, 0.5) is 11.4 Å². The molecule has 1 amide bonds. The van der Waals surface area contributed by atoms with E-state index in [1.54, 1.807) is 11.3 Å². The van der Waals surface area contributed by atoms with E-state index in [0.717, 1.165) is 39.1 Å². The smallest absolute Gasteiger partial charge is 0.227 e. The van der Waals surface area contributed by atoms with Crippen molar-refractivity contribution in [2.24, 2.45) is 0 Å². The number of hydrogen-bond donors (Lipinski definition) is 1. The molecule has 0 saturated carbocycles. The van der Waals surface area contributed by atoms with Crippen molar-refractivity contribution in [1.82, 2.24) is 0 Å². The number of nitrogens with zero attached hydrogens (tertiary/aromatic N) is 1. The van der Waals surface area contributed by atoms with Gasteiger partial charge in [0.2, 0.25) is 5.91 Å². The van der Waals surface area contributed by atoms with E-state index in [0.29, 0.717) is 6.42 Å². The second-order valence-electron chi connectivity index (χ2n) is 4.89. The summed E-state index contributed by atoms with van der Waals surface area (Å²) in [4.78, 5) is 14.9. The summed E-state index contributed by atoms with van der Waals surface area (Å²) in [7, 11) is 0. The molecule has 1 aromatic carbocycles. The average Bonchev–Trinajstić information content (AvgIpc) is 3.03. The zero-order valence-corrected chi connectivity index (χ0v) is 15.2. The highest BCUT2D eigenvalue weighted by Crippen LogP contribution is 2.33. The van der Waals surface area contributed by atoms with Crippen molar-refractivity contribution in [3.8, 4) is 0 Å². The zero-order chi connectivity index (χ0) is 14.8. The average molecular weight is 430 g/mol. The van der Waals surface area contributed by atoms with Crippen molar-refractivity contribution in [3.63, 3.8) is 0 Å². The molecular weight excluding hydrogens is 416 g/mol. The third kappa shape index (κ3) is 3.49. The van der Waals surface area contributed by atoms with Crippen LogP contribution in [0.3, 0.4) is 0 Å². The van der Waals surface area contributed by atoms with E-state index in [4.69, 9.17) is 0 Å². The second-order valence-corrected chi connectivity index (χ2v) is 8.20. The molecule has 21 heavy (non-hydrogen) atoms. The summed E-state index contributed by atoms with van der Waals surface area (Å²) in [5.74, 6) is 0.221. The molecule has 6 heteroatoms. The third-order valence-corrected chi connectivity index (χ3v) is 6.65. The first-order valence-corrected chi connectivity index (χ1v) is 9.12. The summed E-state index contributed by atoms with van der Waals surface area (Å²) in [6.45, 7) is 1.60. The van der Waals surface area contributed by atoms with Crippen LogP contribution < -0.4 is 10.2 Å². The number of carbonyl (C=O) groups is 1. The lowest BCUT2D eigenvalue weighted by Crippen LogP contribution is -2.23. The molecule has 3 rings (SSSR count). The predicted octanol–water partition coefficient (Wildman–Crippen LogP) is 5.01. The van der Waals surface area contributed by atoms with Gasteiger partial charge in [-0.3, -0.25) is 4.79 Å². The topological polar surface area (TPSA) is 32.3 Å². The van der Waals surface area contributed by atoms with Crippen LogP contribution in [0, 0.1) is 0 Å². The quantitative estimate of drug-likeness (QED) is 0.740. The van der Waals surface area contributed by atoms with E-state index in [1.807, 2.05) is 29.2 Å². The van der Waals surface area contributed by atoms with E-state index in [-0.39, 0.29) is 5.91 Å². The van der Waals surface area contributed by atoms with Gasteiger partial charge < -0.3 is 10.2 Å². The Morgan fingerprint density at radius 2 is 2.14 bits per heavy atom. The molecule has 0 unspecified atom stereocenters. The molecule has 1 aromatic heterocycles. The minimum absolute atomic E-state index is 0.221. The molecule has 0 bridgehead atoms. The van der Waals surface area contributed by atoms with Gasteiger partial charge in [0, 0.05) is 40.2 Å². The number of anilines is 2. The minimum Gasteiger partial charge on any atom is -0.380 e. The molecule has 110 valence electrons. The highest BCUT2D eigenvalue weighted by Gasteiger charge is 2.21. The molecule has 1 aliphatic heterocycles. The van der Waals surface area contributed by atoms with Gasteiger partial charge in [-0.25, -0.2) is 0 Å². The second kappa shape index (κ2) is 6.50. The van der Waals surface area contributed by atoms with Gasteiger partial charge in [0.05, 0.1) is 3.79 Å². The Hall–Kier alpha value is -0.850. The summed E-state index contributed by atoms with van der Waals surface area (Å²) in [6, 6.07) is 10.2. The fourth-order valence-corrected chi connectivity index (χ4v) is 4.49. The molecule has 1 saturated heterocycles. The lowest BCUT2D eigenvalue weighted by Gasteiger charge is -2.17. The van der Waals surface area contributed by atoms with E-state index in [1.165, 1.54) is 4.88 Å². The van der Waals surface area contributed by atoms with E-state index < -0.39 is 0 Å². The van der Waals surface area contributed by atoms with Crippen molar-refractivity contribution in [2.75, 3.05) is 16.8 Å². The van der Waals surface area contributed by atoms with Crippen LogP contribution in [-0.4, -0.2) is 12.5 Å². The van der Waals surface area contributed by atoms with Crippen molar-refractivity contribution in [1.29, 1.82) is 0 Å². The Morgan fingerprint density at radius 3 is 2.81 bits per heavy atom. The maximum Gasteiger partial charge on any atom is 0.227 e. The summed E-state index contributed by atoms with van der Waals surface area (Å²) < 4.78 is 2.19. The molecule has 0 atom stereocenters. The minimum atomic E-state index is 0.221. The van der Waals surface area contributed by atoms with Gasteiger partial charge >= 0.3 is 0 Å². The van der Waals surface area contributed by atoms with Crippen LogP contribution in [0.2, 0.25) is 0 Å². The standard InChI is InChI=1S/C15H14Br2N2OS/c16-13-8-12(21-15(13)17)9-18-10-3-1-4-11(7-10)19-6-2-5-14(19)20/h1,3-4,7-8,18H,2,5-6,9H2. The van der Waals surface area contributed by atoms with Gasteiger partial charge in [-0.2, -0.15) is 0 Å². The predicted molar refractivity (Wildman–Crippen MR) is 95.1 cm³/mol. The molecule has 2 heterocycles. The van der Waals surface area contributed by atoms with Crippen molar-refractivity contribution in [2.45, 2.75) is 19.4 Å². The highest BCUT2D eigenvalue weighted by atomic mass is 79.9. The monoisotopic (exact) mass is 428 g/mol. The van der Waals surface area contributed by atoms with Crippen LogP contribution in [0.15, 0.2) is 38.6 Å². The maximum absolute atomic E-state index is 11.8. The van der Waals surface area contributed by atoms with E-state index in [2.05, 4.69) is 43.2 Å². The fourth-order valence-electron chi connectivity index (χ4n) is 2.37. The maximum atomic E-state index is 11.8. The van der Waals surface area contributed by atoms with Crippen molar-refractivity contribution >= 4 is 60.5 Å². The van der Waals surface area contributed by atoms with Crippen LogP contribution in [0.1, 0.15) is 17.7 Å². The van der Waals surface area contributed by atoms with Crippen LogP contribution in [0.5, 0.6) is 0 Å². The Balaban J connectivity index is 1.70. The number of amides is 1. The number of carbonyl (C=O) groups excluding carboxylic acids is 1. The first-order chi connectivity index (χ1) is 10.1. The number of benzene rings is 1. The molecule has 1 fully saturated rings. The summed E-state index contributed by atoms with van der Waals surface area (Å²) in [5.41, 5.74) is 2.02. The number of nitrogens with one attached hydrogen (secondary N) is 1. The first kappa shape index (κ1) is 15.1. The lowest BCUT2D eigenvalue weighted by atomic mass is 10.2. The normalized spacial score (nSPS) is 14.8. The van der Waals surface area contributed by atoms with E-state index in [9.17, 15) is 4.79 Å². The summed E-state index contributed by atoms with van der Waals surface area (Å²) in [6.07, 6.45) is 1.61. The van der Waals surface area contributed by atoms with Gasteiger partial charge in [-0.1, -0.05) is 6.07 Å². The number of thiophene rings is 1. The Bertz CT molecular complexity index is 652. The fraction of sp³-hybridized carbons (Fsp3) is 0.267. The van der Waals surface area contributed by atoms with Gasteiger partial charge in [0.25, 0.3) is 0 Å². The van der Waals surface area contributed by atoms with Crippen LogP contribution in [0.25, 0.3) is 0 Å². The van der Waals surface area contributed by atoms with Crippen LogP contribution in [-0.2, 0) is 11.3 Å². The molecule has 1 N–H and O–H groups in total. The molecular formula is C15H14Br2N2OS. The van der Waals surface area contributed by atoms with Gasteiger partial charge in [0.15, 0.2) is 0 Å². The first-order valence-electron chi connectivity index (χ1n) is 6.71. The highest BCUT2D eigenvalue weighted by molar-refractivity contribution is 9.13. The molecule has 3 nitrogen and oxygen atoms in total. The van der Waals surface area contributed by atoms with Gasteiger partial charge in [-0.05, 0) is 62.5 Å². The van der Waals surface area contributed by atoms with Crippen molar-refractivity contribution < 1.29 is 4.79 Å². The van der Waals surface area contributed by atoms with Gasteiger partial charge in [-0.15, -0.1) is 11.3 Å². The number of hydrogen-bond acceptors (Lipinski definition) is 3. The lowest BCUT2D eigenvalue weighted by molar-refractivity contribution is -0.117. The molecule has 0 aliphatic carbocycles. The Morgan fingerprint density at radius 1 is 1.29 bits per heavy atom. The summed E-state index contributed by atoms with van der Waals surface area (Å²) >= 11 is 8.71.